The molecule has 3 aromatic carbocycles. The summed E-state index contributed by atoms with van der Waals surface area (Å²) in [5.74, 6) is -1.44. The summed E-state index contributed by atoms with van der Waals surface area (Å²) in [6.07, 6.45) is 0. The molecule has 5 nitrogen and oxygen atoms in total. The van der Waals surface area contributed by atoms with Crippen molar-refractivity contribution in [3.8, 4) is 6.07 Å². The molecule has 0 aliphatic heterocycles. The van der Waals surface area contributed by atoms with Crippen LogP contribution in [-0.2, 0) is 11.3 Å². The fourth-order valence-electron chi connectivity index (χ4n) is 3.26. The summed E-state index contributed by atoms with van der Waals surface area (Å²) in [7, 11) is 0. The molecule has 0 spiro atoms. The number of hydrogen-bond donors (Lipinski definition) is 0. The van der Waals surface area contributed by atoms with Gasteiger partial charge in [-0.25, -0.2) is 4.79 Å². The molecule has 0 saturated carbocycles. The third-order valence-corrected chi connectivity index (χ3v) is 5.07. The molecule has 0 N–H and O–H groups in total. The van der Waals surface area contributed by atoms with E-state index < -0.39 is 11.8 Å². The Balaban J connectivity index is 1.65. The van der Waals surface area contributed by atoms with E-state index in [4.69, 9.17) is 21.6 Å². The predicted octanol–water partition coefficient (Wildman–Crippen LogP) is 4.34. The highest BCUT2D eigenvalue weighted by Crippen LogP contribution is 2.34. The number of hydrogen-bond acceptors (Lipinski definition) is 5. The second-order valence-electron chi connectivity index (χ2n) is 6.44. The minimum atomic E-state index is -0.723. The lowest BCUT2D eigenvalue weighted by Gasteiger charge is -2.19. The number of carbonyl (C=O) groups excluding carboxylic acids is 3. The van der Waals surface area contributed by atoms with Gasteiger partial charge in [-0.05, 0) is 29.8 Å². The Kier molecular flexibility index (Phi) is 4.71. The zero-order chi connectivity index (χ0) is 20.5. The van der Waals surface area contributed by atoms with Crippen molar-refractivity contribution >= 4 is 29.1 Å². The highest BCUT2D eigenvalue weighted by atomic mass is 35.5. The fourth-order valence-corrected chi connectivity index (χ4v) is 3.59. The van der Waals surface area contributed by atoms with Gasteiger partial charge >= 0.3 is 5.97 Å². The minimum absolute atomic E-state index is 0.00221. The van der Waals surface area contributed by atoms with E-state index in [1.54, 1.807) is 48.5 Å². The summed E-state index contributed by atoms with van der Waals surface area (Å²) in [5, 5.41) is 8.84. The molecule has 6 heteroatoms. The van der Waals surface area contributed by atoms with Crippen LogP contribution < -0.4 is 0 Å². The first-order chi connectivity index (χ1) is 14.0. The van der Waals surface area contributed by atoms with E-state index in [9.17, 15) is 14.4 Å². The van der Waals surface area contributed by atoms with E-state index in [0.29, 0.717) is 16.7 Å². The number of rotatable bonds is 3. The number of ether oxygens (including phenoxy) is 1. The molecule has 0 atom stereocenters. The van der Waals surface area contributed by atoms with Gasteiger partial charge in [0.2, 0.25) is 0 Å². The lowest BCUT2D eigenvalue weighted by molar-refractivity contribution is 0.0472. The Bertz CT molecular complexity index is 1240. The average Bonchev–Trinajstić information content (AvgIpc) is 2.75. The molecule has 140 valence electrons. The van der Waals surface area contributed by atoms with Crippen LogP contribution in [0.25, 0.3) is 0 Å². The molecule has 0 aromatic heterocycles. The van der Waals surface area contributed by atoms with Gasteiger partial charge in [0.1, 0.15) is 6.61 Å². The highest BCUT2D eigenvalue weighted by molar-refractivity contribution is 6.41. The van der Waals surface area contributed by atoms with Crippen molar-refractivity contribution in [2.45, 2.75) is 6.61 Å². The Labute approximate surface area is 171 Å². The maximum atomic E-state index is 12.9. The van der Waals surface area contributed by atoms with Gasteiger partial charge in [0.05, 0.1) is 27.8 Å². The van der Waals surface area contributed by atoms with Crippen LogP contribution in [0.1, 0.15) is 53.3 Å². The lowest BCUT2D eigenvalue weighted by atomic mass is 9.83. The normalized spacial score (nSPS) is 12.0. The van der Waals surface area contributed by atoms with Crippen LogP contribution in [0, 0.1) is 11.3 Å². The summed E-state index contributed by atoms with van der Waals surface area (Å²) in [5.41, 5.74) is 1.84. The molecule has 1 aliphatic rings. The monoisotopic (exact) mass is 401 g/mol. The van der Waals surface area contributed by atoms with Crippen molar-refractivity contribution in [2.75, 3.05) is 0 Å². The first-order valence-corrected chi connectivity index (χ1v) is 9.06. The fraction of sp³-hybridized carbons (Fsp3) is 0.0435. The van der Waals surface area contributed by atoms with Gasteiger partial charge in [0, 0.05) is 16.7 Å². The molecule has 0 radical (unpaired) electrons. The Morgan fingerprint density at radius 1 is 0.931 bits per heavy atom. The molecule has 0 unspecified atom stereocenters. The quantitative estimate of drug-likeness (QED) is 0.476. The van der Waals surface area contributed by atoms with Crippen molar-refractivity contribution in [1.82, 2.24) is 0 Å². The van der Waals surface area contributed by atoms with E-state index >= 15 is 0 Å². The molecule has 1 aliphatic carbocycles. The highest BCUT2D eigenvalue weighted by Gasteiger charge is 2.33. The summed E-state index contributed by atoms with van der Waals surface area (Å²) in [4.78, 5) is 38.1. The van der Waals surface area contributed by atoms with E-state index in [2.05, 4.69) is 0 Å². The van der Waals surface area contributed by atoms with Gasteiger partial charge in [-0.15, -0.1) is 0 Å². The van der Waals surface area contributed by atoms with Crippen LogP contribution in [0.2, 0.25) is 5.02 Å². The number of carbonyl (C=O) groups is 3. The molecular formula is C23H12ClNO4. The average molecular weight is 402 g/mol. The smallest absolute Gasteiger partial charge is 0.340 e. The van der Waals surface area contributed by atoms with Crippen molar-refractivity contribution in [1.29, 1.82) is 5.26 Å². The van der Waals surface area contributed by atoms with Crippen LogP contribution >= 0.6 is 11.6 Å². The van der Waals surface area contributed by atoms with Crippen molar-refractivity contribution < 1.29 is 19.1 Å². The van der Waals surface area contributed by atoms with Crippen molar-refractivity contribution in [2.24, 2.45) is 0 Å². The van der Waals surface area contributed by atoms with Crippen LogP contribution in [0.5, 0.6) is 0 Å². The van der Waals surface area contributed by atoms with E-state index in [1.807, 2.05) is 6.07 Å². The van der Waals surface area contributed by atoms with Gasteiger partial charge in [0.15, 0.2) is 11.6 Å². The summed E-state index contributed by atoms with van der Waals surface area (Å²) >= 11 is 6.36. The maximum absolute atomic E-state index is 12.9. The molecule has 0 fully saturated rings. The van der Waals surface area contributed by atoms with Gasteiger partial charge in [-0.3, -0.25) is 9.59 Å². The SMILES string of the molecule is N#Cc1cccc(COC(=O)c2ccc3c(c2Cl)C(=O)c2ccccc2C3=O)c1. The topological polar surface area (TPSA) is 84.2 Å². The van der Waals surface area contributed by atoms with Gasteiger partial charge in [-0.1, -0.05) is 48.0 Å². The number of fused-ring (bicyclic) bond motifs is 2. The van der Waals surface area contributed by atoms with Gasteiger partial charge in [-0.2, -0.15) is 5.26 Å². The Hall–Kier alpha value is -3.75. The number of esters is 1. The number of nitriles is 1. The third-order valence-electron chi connectivity index (χ3n) is 4.68. The molecule has 0 amide bonds. The van der Waals surface area contributed by atoms with Crippen molar-refractivity contribution in [3.05, 3.63) is 105 Å². The number of ketones is 2. The molecule has 0 heterocycles. The third kappa shape index (κ3) is 3.20. The Morgan fingerprint density at radius 3 is 2.38 bits per heavy atom. The standard InChI is InChI=1S/C23H12ClNO4/c24-20-18(23(28)29-12-14-5-3-4-13(10-14)11-25)9-8-17-19(20)22(27)16-7-2-1-6-15(16)21(17)26/h1-10H,12H2. The lowest BCUT2D eigenvalue weighted by Crippen LogP contribution is -2.22. The number of nitrogens with zero attached hydrogens (tertiary/aromatic N) is 1. The zero-order valence-corrected chi connectivity index (χ0v) is 15.7. The van der Waals surface area contributed by atoms with Crippen molar-refractivity contribution in [3.63, 3.8) is 0 Å². The molecule has 0 bridgehead atoms. The van der Waals surface area contributed by atoms with Crippen LogP contribution in [0.3, 0.4) is 0 Å². The van der Waals surface area contributed by atoms with Crippen LogP contribution in [0.15, 0.2) is 60.7 Å². The summed E-state index contributed by atoms with van der Waals surface area (Å²) in [6.45, 7) is -0.0581. The second kappa shape index (κ2) is 7.34. The molecule has 0 saturated heterocycles. The van der Waals surface area contributed by atoms with Gasteiger partial charge < -0.3 is 4.74 Å². The summed E-state index contributed by atoms with van der Waals surface area (Å²) < 4.78 is 5.29. The van der Waals surface area contributed by atoms with E-state index in [0.717, 1.165) is 0 Å². The molecule has 4 rings (SSSR count). The zero-order valence-electron chi connectivity index (χ0n) is 14.9. The van der Waals surface area contributed by atoms with Crippen LogP contribution in [-0.4, -0.2) is 17.5 Å². The van der Waals surface area contributed by atoms with E-state index in [1.165, 1.54) is 12.1 Å². The number of benzene rings is 3. The first-order valence-electron chi connectivity index (χ1n) is 8.68. The number of halogens is 1. The molecular weight excluding hydrogens is 390 g/mol. The first kappa shape index (κ1) is 18.6. The Morgan fingerprint density at radius 2 is 1.66 bits per heavy atom. The second-order valence-corrected chi connectivity index (χ2v) is 6.82. The summed E-state index contributed by atoms with van der Waals surface area (Å²) in [6, 6.07) is 18.0. The molecule has 3 aromatic rings. The van der Waals surface area contributed by atoms with E-state index in [-0.39, 0.29) is 39.7 Å². The van der Waals surface area contributed by atoms with Gasteiger partial charge in [0.25, 0.3) is 0 Å². The minimum Gasteiger partial charge on any atom is -0.457 e. The predicted molar refractivity (Wildman–Crippen MR) is 105 cm³/mol. The van der Waals surface area contributed by atoms with Crippen LogP contribution in [0.4, 0.5) is 0 Å². The maximum Gasteiger partial charge on any atom is 0.340 e. The molecule has 29 heavy (non-hydrogen) atoms. The largest absolute Gasteiger partial charge is 0.457 e.